The number of aliphatic carboxylic acids is 1. The first-order valence-corrected chi connectivity index (χ1v) is 11.6. The molecule has 0 aromatic carbocycles. The highest BCUT2D eigenvalue weighted by Gasteiger charge is 2.28. The van der Waals surface area contributed by atoms with E-state index in [-0.39, 0.29) is 43.2 Å². The molecule has 0 saturated heterocycles. The number of alkyl halides is 3. The number of rotatable bonds is 10. The van der Waals surface area contributed by atoms with Gasteiger partial charge in [0.2, 0.25) is 5.89 Å². The summed E-state index contributed by atoms with van der Waals surface area (Å²) < 4.78 is 49.4. The van der Waals surface area contributed by atoms with E-state index >= 15 is 0 Å². The Morgan fingerprint density at radius 3 is 2.89 bits per heavy atom. The normalized spacial score (nSPS) is 18.2. The van der Waals surface area contributed by atoms with Crippen LogP contribution in [0.25, 0.3) is 11.4 Å². The van der Waals surface area contributed by atoms with E-state index in [4.69, 9.17) is 9.26 Å². The van der Waals surface area contributed by atoms with Crippen molar-refractivity contribution in [2.75, 3.05) is 5.32 Å². The second kappa shape index (κ2) is 10.9. The molecule has 0 radical (unpaired) electrons. The van der Waals surface area contributed by atoms with E-state index in [1.54, 1.807) is 30.1 Å². The number of hydrogen-bond acceptors (Lipinski definition) is 9. The lowest BCUT2D eigenvalue weighted by Gasteiger charge is -2.27. The van der Waals surface area contributed by atoms with E-state index in [1.807, 2.05) is 0 Å². The average molecular weight is 509 g/mol. The molecule has 14 heteroatoms. The highest BCUT2D eigenvalue weighted by molar-refractivity contribution is 5.70. The van der Waals surface area contributed by atoms with Gasteiger partial charge in [0.25, 0.3) is 5.95 Å². The van der Waals surface area contributed by atoms with Gasteiger partial charge in [0.15, 0.2) is 0 Å². The number of hydrogen-bond donors (Lipinski definition) is 2. The number of carboxylic acids is 1. The number of aromatic nitrogens is 6. The third-order valence-electron chi connectivity index (χ3n) is 5.93. The highest BCUT2D eigenvalue weighted by atomic mass is 19.4. The van der Waals surface area contributed by atoms with E-state index in [9.17, 15) is 23.1 Å². The molecule has 1 aliphatic rings. The van der Waals surface area contributed by atoms with Crippen molar-refractivity contribution in [1.82, 2.24) is 30.1 Å². The molecule has 3 heterocycles. The number of aryl methyl sites for hydroxylation is 2. The number of carboxylic acid groups (broad SMARTS) is 1. The fourth-order valence-corrected chi connectivity index (χ4v) is 4.06. The Morgan fingerprint density at radius 2 is 2.17 bits per heavy atom. The summed E-state index contributed by atoms with van der Waals surface area (Å²) in [6, 6.07) is 3.50. The molecule has 2 N–H and O–H groups in total. The molecule has 0 aliphatic heterocycles. The number of pyridine rings is 1. The molecule has 194 valence electrons. The zero-order valence-corrected chi connectivity index (χ0v) is 19.5. The first-order chi connectivity index (χ1) is 17.2. The zero-order valence-electron chi connectivity index (χ0n) is 19.5. The quantitative estimate of drug-likeness (QED) is 0.415. The standard InChI is InChI=1S/C22H26F3N7O4/c1-32-17(12-27-21-28-18(36-30-21)6-3-9-22(23,24)25)19(29-31-32)16-8-7-15(11-26-16)35-14-5-2-4-13(10-14)20(33)34/h7-8,11,13-14H,2-6,9-10,12H2,1H3,(H,27,30)(H,33,34)/t13-,14-/m0/s1. The molecule has 1 fully saturated rings. The van der Waals surface area contributed by atoms with Crippen LogP contribution >= 0.6 is 0 Å². The van der Waals surface area contributed by atoms with Gasteiger partial charge in [-0.1, -0.05) is 5.21 Å². The van der Waals surface area contributed by atoms with Crippen LogP contribution in [0.2, 0.25) is 0 Å². The lowest BCUT2D eigenvalue weighted by molar-refractivity contribution is -0.144. The van der Waals surface area contributed by atoms with Gasteiger partial charge in [0, 0.05) is 19.9 Å². The van der Waals surface area contributed by atoms with Crippen molar-refractivity contribution < 1.29 is 32.3 Å². The van der Waals surface area contributed by atoms with Crippen molar-refractivity contribution in [1.29, 1.82) is 0 Å². The molecule has 0 bridgehead atoms. The van der Waals surface area contributed by atoms with Gasteiger partial charge in [-0.3, -0.25) is 9.78 Å². The largest absolute Gasteiger partial charge is 0.489 e. The first kappa shape index (κ1) is 25.4. The van der Waals surface area contributed by atoms with Crippen molar-refractivity contribution in [3.05, 3.63) is 29.9 Å². The Hall–Kier alpha value is -3.71. The average Bonchev–Trinajstić information content (AvgIpc) is 3.43. The summed E-state index contributed by atoms with van der Waals surface area (Å²) >= 11 is 0. The Balaban J connectivity index is 1.35. The fourth-order valence-electron chi connectivity index (χ4n) is 4.06. The molecule has 11 nitrogen and oxygen atoms in total. The SMILES string of the molecule is Cn1nnc(-c2ccc(O[C@H]3CCC[C@H](C(=O)O)C3)cn2)c1CNc1noc(CCCC(F)(F)F)n1. The minimum atomic E-state index is -4.22. The molecule has 1 aliphatic carbocycles. The molecule has 1 saturated carbocycles. The second-order valence-corrected chi connectivity index (χ2v) is 8.66. The predicted octanol–water partition coefficient (Wildman–Crippen LogP) is 3.78. The number of anilines is 1. The lowest BCUT2D eigenvalue weighted by Crippen LogP contribution is -2.29. The molecule has 0 spiro atoms. The van der Waals surface area contributed by atoms with Crippen LogP contribution in [0.15, 0.2) is 22.9 Å². The van der Waals surface area contributed by atoms with Crippen LogP contribution in [0.1, 0.15) is 50.1 Å². The molecule has 36 heavy (non-hydrogen) atoms. The van der Waals surface area contributed by atoms with Crippen LogP contribution < -0.4 is 10.1 Å². The van der Waals surface area contributed by atoms with Gasteiger partial charge < -0.3 is 19.7 Å². The van der Waals surface area contributed by atoms with Crippen LogP contribution in [0.3, 0.4) is 0 Å². The van der Waals surface area contributed by atoms with Crippen LogP contribution in [-0.2, 0) is 24.8 Å². The van der Waals surface area contributed by atoms with Crippen molar-refractivity contribution in [3.8, 4) is 17.1 Å². The van der Waals surface area contributed by atoms with Crippen molar-refractivity contribution in [2.24, 2.45) is 13.0 Å². The van der Waals surface area contributed by atoms with Gasteiger partial charge in [-0.05, 0) is 49.4 Å². The number of halogens is 3. The second-order valence-electron chi connectivity index (χ2n) is 8.66. The summed E-state index contributed by atoms with van der Waals surface area (Å²) in [6.45, 7) is 0.221. The highest BCUT2D eigenvalue weighted by Crippen LogP contribution is 2.29. The van der Waals surface area contributed by atoms with Gasteiger partial charge in [-0.15, -0.1) is 5.10 Å². The maximum Gasteiger partial charge on any atom is 0.389 e. The smallest absolute Gasteiger partial charge is 0.389 e. The number of ether oxygens (including phenoxy) is 1. The molecule has 2 atom stereocenters. The summed E-state index contributed by atoms with van der Waals surface area (Å²) in [4.78, 5) is 19.8. The Bertz CT molecular complexity index is 1160. The fraction of sp³-hybridized carbons (Fsp3) is 0.545. The topological polar surface area (TPSA) is 141 Å². The first-order valence-electron chi connectivity index (χ1n) is 11.6. The molecule has 3 aromatic heterocycles. The minimum absolute atomic E-state index is 0.0306. The van der Waals surface area contributed by atoms with E-state index in [2.05, 4.69) is 30.8 Å². The van der Waals surface area contributed by atoms with Gasteiger partial charge in [-0.2, -0.15) is 18.2 Å². The molecule has 3 aromatic rings. The monoisotopic (exact) mass is 509 g/mol. The summed E-state index contributed by atoms with van der Waals surface area (Å²) in [6.07, 6.45) is -1.10. The van der Waals surface area contributed by atoms with Crippen LogP contribution in [0.5, 0.6) is 5.75 Å². The molecular formula is C22H26F3N7O4. The summed E-state index contributed by atoms with van der Waals surface area (Å²) in [5, 5.41) is 24.2. The summed E-state index contributed by atoms with van der Waals surface area (Å²) in [5.41, 5.74) is 1.76. The summed E-state index contributed by atoms with van der Waals surface area (Å²) in [5.74, 6) is -0.369. The van der Waals surface area contributed by atoms with Gasteiger partial charge in [-0.25, -0.2) is 4.68 Å². The molecular weight excluding hydrogens is 483 g/mol. The number of nitrogens with one attached hydrogen (secondary N) is 1. The van der Waals surface area contributed by atoms with E-state index in [1.165, 1.54) is 0 Å². The Morgan fingerprint density at radius 1 is 1.33 bits per heavy atom. The van der Waals surface area contributed by atoms with E-state index < -0.39 is 18.6 Å². The van der Waals surface area contributed by atoms with Crippen molar-refractivity contribution in [3.63, 3.8) is 0 Å². The van der Waals surface area contributed by atoms with E-state index in [0.29, 0.717) is 35.7 Å². The zero-order chi connectivity index (χ0) is 25.7. The van der Waals surface area contributed by atoms with Crippen LogP contribution in [0, 0.1) is 5.92 Å². The molecule has 4 rings (SSSR count). The lowest BCUT2D eigenvalue weighted by atomic mass is 9.87. The third-order valence-corrected chi connectivity index (χ3v) is 5.93. The summed E-state index contributed by atoms with van der Waals surface area (Å²) in [7, 11) is 1.71. The Labute approximate surface area is 204 Å². The third kappa shape index (κ3) is 6.70. The molecule has 0 amide bonds. The number of nitrogens with zero attached hydrogens (tertiary/aromatic N) is 6. The maximum atomic E-state index is 12.3. The predicted molar refractivity (Wildman–Crippen MR) is 119 cm³/mol. The van der Waals surface area contributed by atoms with Gasteiger partial charge >= 0.3 is 12.1 Å². The van der Waals surface area contributed by atoms with E-state index in [0.717, 1.165) is 12.8 Å². The minimum Gasteiger partial charge on any atom is -0.489 e. The van der Waals surface area contributed by atoms with Crippen LogP contribution in [-0.4, -0.2) is 53.5 Å². The van der Waals surface area contributed by atoms with Gasteiger partial charge in [0.1, 0.15) is 11.4 Å². The Kier molecular flexibility index (Phi) is 7.70. The number of carbonyl (C=O) groups is 1. The van der Waals surface area contributed by atoms with Crippen molar-refractivity contribution in [2.45, 2.75) is 63.8 Å². The van der Waals surface area contributed by atoms with Crippen molar-refractivity contribution >= 4 is 11.9 Å². The van der Waals surface area contributed by atoms with Gasteiger partial charge in [0.05, 0.1) is 36.2 Å². The van der Waals surface area contributed by atoms with Crippen LogP contribution in [0.4, 0.5) is 19.1 Å². The maximum absolute atomic E-state index is 12.3. The molecule has 0 unspecified atom stereocenters.